The van der Waals surface area contributed by atoms with Crippen LogP contribution in [0.1, 0.15) is 151 Å². The van der Waals surface area contributed by atoms with Crippen LogP contribution in [0.2, 0.25) is 0 Å². The first kappa shape index (κ1) is 47.1. The fraction of sp³-hybridized carbons (Fsp3) is 0.429. The number of rotatable bonds is 26. The molecule has 0 saturated heterocycles. The lowest BCUT2D eigenvalue weighted by molar-refractivity contribution is 0.0308. The van der Waals surface area contributed by atoms with E-state index in [1.807, 2.05) is 24.8 Å². The average molecular weight is 847 g/mol. The average Bonchev–Trinajstić information content (AvgIpc) is 3.34. The van der Waals surface area contributed by atoms with Gasteiger partial charge in [-0.15, -0.1) is 0 Å². The molecule has 0 bridgehead atoms. The molecule has 0 amide bonds. The lowest BCUT2D eigenvalue weighted by Crippen LogP contribution is -2.14. The summed E-state index contributed by atoms with van der Waals surface area (Å²) in [6, 6.07) is 33.8. The number of aromatic nitrogens is 4. The molecular formula is C56H70N4O3. The molecule has 4 unspecified atom stereocenters. The molecule has 6 aromatic rings. The number of unbranched alkanes of at least 4 members (excludes halogenated alkanes) is 6. The lowest BCUT2D eigenvalue weighted by atomic mass is 9.96. The Morgan fingerprint density at radius 3 is 1.06 bits per heavy atom. The Labute approximate surface area is 378 Å². The summed E-state index contributed by atoms with van der Waals surface area (Å²) in [5, 5.41) is 0. The Kier molecular flexibility index (Phi) is 18.7. The maximum atomic E-state index is 7.39. The van der Waals surface area contributed by atoms with Gasteiger partial charge in [0.05, 0.1) is 13.2 Å². The lowest BCUT2D eigenvalue weighted by Gasteiger charge is -2.27. The van der Waals surface area contributed by atoms with Crippen LogP contribution in [0.25, 0.3) is 22.8 Å². The Bertz CT molecular complexity index is 2010. The summed E-state index contributed by atoms with van der Waals surface area (Å²) in [6.07, 6.45) is 21.1. The fourth-order valence-electron chi connectivity index (χ4n) is 7.42. The third-order valence-corrected chi connectivity index (χ3v) is 12.1. The van der Waals surface area contributed by atoms with Crippen LogP contribution in [-0.2, 0) is 17.6 Å². The summed E-state index contributed by atoms with van der Waals surface area (Å²) >= 11 is 0. The Morgan fingerprint density at radius 1 is 0.413 bits per heavy atom. The van der Waals surface area contributed by atoms with Crippen molar-refractivity contribution in [3.63, 3.8) is 0 Å². The first-order valence-electron chi connectivity index (χ1n) is 23.8. The Morgan fingerprint density at radius 2 is 0.746 bits per heavy atom. The standard InChI is InChI=1S/C56H70N4O3/c1-7-11-13-15-17-43-35-57-55(58-36-43)49-23-19-45(20-24-49)53(47-27-31-51(32-28-47)61-39-41(5)9-3)63-54(48-29-33-52(34-30-48)62-40-42(6)10-4)46-21-25-50(26-22-46)56-59-37-44(38-60-56)18-16-14-12-8-2/h19-38,41-42,53-54H,7-18,39-40H2,1-6H3. The molecule has 0 radical (unpaired) electrons. The van der Waals surface area contributed by atoms with Gasteiger partial charge in [0.2, 0.25) is 0 Å². The van der Waals surface area contributed by atoms with Crippen molar-refractivity contribution in [2.24, 2.45) is 11.8 Å². The summed E-state index contributed by atoms with van der Waals surface area (Å²) in [5.74, 6) is 4.11. The minimum atomic E-state index is -0.409. The van der Waals surface area contributed by atoms with Gasteiger partial charge < -0.3 is 14.2 Å². The predicted octanol–water partition coefficient (Wildman–Crippen LogP) is 14.6. The van der Waals surface area contributed by atoms with Gasteiger partial charge in [-0.3, -0.25) is 0 Å². The van der Waals surface area contributed by atoms with Crippen LogP contribution >= 0.6 is 0 Å². The molecular weight excluding hydrogens is 777 g/mol. The molecule has 4 atom stereocenters. The van der Waals surface area contributed by atoms with E-state index < -0.39 is 12.2 Å². The second-order valence-electron chi connectivity index (χ2n) is 17.4. The number of hydrogen-bond donors (Lipinski definition) is 0. The molecule has 7 heteroatoms. The maximum absolute atomic E-state index is 7.39. The number of benzene rings is 4. The van der Waals surface area contributed by atoms with E-state index in [0.717, 1.165) is 82.2 Å². The highest BCUT2D eigenvalue weighted by molar-refractivity contribution is 5.57. The van der Waals surface area contributed by atoms with Gasteiger partial charge in [0.1, 0.15) is 23.7 Å². The van der Waals surface area contributed by atoms with Crippen LogP contribution in [-0.4, -0.2) is 33.1 Å². The number of hydrogen-bond acceptors (Lipinski definition) is 7. The summed E-state index contributed by atoms with van der Waals surface area (Å²) in [7, 11) is 0. The van der Waals surface area contributed by atoms with E-state index in [2.05, 4.69) is 139 Å². The van der Waals surface area contributed by atoms with Gasteiger partial charge in [0.15, 0.2) is 11.6 Å². The summed E-state index contributed by atoms with van der Waals surface area (Å²) in [5.41, 5.74) is 8.41. The van der Waals surface area contributed by atoms with Gasteiger partial charge in [-0.1, -0.05) is 166 Å². The van der Waals surface area contributed by atoms with Crippen LogP contribution in [0, 0.1) is 11.8 Å². The third kappa shape index (κ3) is 14.3. The molecule has 0 fully saturated rings. The summed E-state index contributed by atoms with van der Waals surface area (Å²) in [4.78, 5) is 19.1. The van der Waals surface area contributed by atoms with Gasteiger partial charge in [-0.25, -0.2) is 19.9 Å². The van der Waals surface area contributed by atoms with Gasteiger partial charge in [-0.05, 0) is 95.2 Å². The molecule has 0 saturated carbocycles. The first-order chi connectivity index (χ1) is 30.9. The number of nitrogens with zero attached hydrogens (tertiary/aromatic N) is 4. The first-order valence-corrected chi connectivity index (χ1v) is 23.8. The monoisotopic (exact) mass is 847 g/mol. The number of ether oxygens (including phenoxy) is 3. The molecule has 2 heterocycles. The minimum absolute atomic E-state index is 0.409. The van der Waals surface area contributed by atoms with Crippen LogP contribution in [0.15, 0.2) is 122 Å². The minimum Gasteiger partial charge on any atom is -0.493 e. The molecule has 0 aliphatic carbocycles. The molecule has 63 heavy (non-hydrogen) atoms. The van der Waals surface area contributed by atoms with E-state index >= 15 is 0 Å². The predicted molar refractivity (Wildman–Crippen MR) is 258 cm³/mol. The zero-order valence-electron chi connectivity index (χ0n) is 38.8. The van der Waals surface area contributed by atoms with E-state index in [1.54, 1.807) is 0 Å². The van der Waals surface area contributed by atoms with Crippen molar-refractivity contribution in [1.29, 1.82) is 0 Å². The molecule has 0 aliphatic heterocycles. The fourth-order valence-corrected chi connectivity index (χ4v) is 7.42. The quantitative estimate of drug-likeness (QED) is 0.0503. The van der Waals surface area contributed by atoms with Gasteiger partial charge >= 0.3 is 0 Å². The maximum Gasteiger partial charge on any atom is 0.159 e. The Hall–Kier alpha value is -5.40. The Balaban J connectivity index is 1.31. The second-order valence-corrected chi connectivity index (χ2v) is 17.4. The van der Waals surface area contributed by atoms with Gasteiger partial charge in [0.25, 0.3) is 0 Å². The van der Waals surface area contributed by atoms with Gasteiger partial charge in [-0.2, -0.15) is 0 Å². The van der Waals surface area contributed by atoms with E-state index in [1.165, 1.54) is 62.5 Å². The third-order valence-electron chi connectivity index (χ3n) is 12.1. The van der Waals surface area contributed by atoms with Crippen LogP contribution < -0.4 is 9.47 Å². The molecule has 7 nitrogen and oxygen atoms in total. The van der Waals surface area contributed by atoms with Gasteiger partial charge in [0, 0.05) is 35.9 Å². The van der Waals surface area contributed by atoms with Crippen molar-refractivity contribution in [2.75, 3.05) is 13.2 Å². The van der Waals surface area contributed by atoms with E-state index in [4.69, 9.17) is 34.1 Å². The molecule has 0 N–H and O–H groups in total. The van der Waals surface area contributed by atoms with E-state index in [-0.39, 0.29) is 0 Å². The van der Waals surface area contributed by atoms with Crippen LogP contribution in [0.4, 0.5) is 0 Å². The molecule has 0 aliphatic rings. The highest BCUT2D eigenvalue weighted by atomic mass is 16.5. The summed E-state index contributed by atoms with van der Waals surface area (Å²) in [6.45, 7) is 14.7. The topological polar surface area (TPSA) is 79.2 Å². The van der Waals surface area contributed by atoms with E-state index in [9.17, 15) is 0 Å². The van der Waals surface area contributed by atoms with Crippen molar-refractivity contribution < 1.29 is 14.2 Å². The zero-order chi connectivity index (χ0) is 44.2. The molecule has 2 aromatic heterocycles. The molecule has 332 valence electrons. The van der Waals surface area contributed by atoms with Crippen molar-refractivity contribution in [2.45, 2.75) is 131 Å². The van der Waals surface area contributed by atoms with E-state index in [0.29, 0.717) is 25.0 Å². The second kappa shape index (κ2) is 25.0. The van der Waals surface area contributed by atoms with Crippen molar-refractivity contribution in [3.05, 3.63) is 155 Å². The molecule has 6 rings (SSSR count). The highest BCUT2D eigenvalue weighted by Gasteiger charge is 2.25. The number of aryl methyl sites for hydroxylation is 2. The normalized spacial score (nSPS) is 13.3. The SMILES string of the molecule is CCCCCCc1cnc(-c2ccc(C(OC(c3ccc(OCC(C)CC)cc3)c3ccc(-c4ncc(CCCCCC)cn4)cc3)c3ccc(OCC(C)CC)cc3)cc2)nc1. The van der Waals surface area contributed by atoms with Crippen molar-refractivity contribution in [1.82, 2.24) is 19.9 Å². The zero-order valence-corrected chi connectivity index (χ0v) is 38.8. The van der Waals surface area contributed by atoms with Crippen molar-refractivity contribution in [3.8, 4) is 34.3 Å². The summed E-state index contributed by atoms with van der Waals surface area (Å²) < 4.78 is 19.8. The van der Waals surface area contributed by atoms with Crippen molar-refractivity contribution >= 4 is 0 Å². The van der Waals surface area contributed by atoms with Crippen LogP contribution in [0.3, 0.4) is 0 Å². The van der Waals surface area contributed by atoms with Crippen LogP contribution in [0.5, 0.6) is 11.5 Å². The highest BCUT2D eigenvalue weighted by Crippen LogP contribution is 2.38. The largest absolute Gasteiger partial charge is 0.493 e. The smallest absolute Gasteiger partial charge is 0.159 e. The molecule has 4 aromatic carbocycles. The molecule has 0 spiro atoms.